The second kappa shape index (κ2) is 4.89. The molecule has 0 aromatic heterocycles. The topological polar surface area (TPSA) is 58.5 Å². The summed E-state index contributed by atoms with van der Waals surface area (Å²) in [4.78, 5) is 4.28. The Morgan fingerprint density at radius 3 is 2.47 bits per heavy atom. The van der Waals surface area contributed by atoms with Crippen molar-refractivity contribution in [3.05, 3.63) is 23.5 Å². The van der Waals surface area contributed by atoms with Gasteiger partial charge < -0.3 is 21.3 Å². The largest absolute Gasteiger partial charge is 0.398 e. The molecule has 1 aliphatic heterocycles. The van der Waals surface area contributed by atoms with Crippen LogP contribution in [0.2, 0.25) is 0 Å². The number of hydrogen-bond donors (Lipinski definition) is 2. The first-order chi connectivity index (χ1) is 8.13. The molecule has 1 aromatic rings. The van der Waals surface area contributed by atoms with Gasteiger partial charge in [-0.25, -0.2) is 4.39 Å². The lowest BCUT2D eigenvalue weighted by Crippen LogP contribution is -2.44. The highest BCUT2D eigenvalue weighted by Crippen LogP contribution is 2.27. The Kier molecular flexibility index (Phi) is 3.49. The summed E-state index contributed by atoms with van der Waals surface area (Å²) in [5, 5.41) is 0. The molecule has 0 aliphatic carbocycles. The molecule has 0 amide bonds. The molecule has 2 rings (SSSR count). The van der Waals surface area contributed by atoms with Gasteiger partial charge in [-0.05, 0) is 19.2 Å². The van der Waals surface area contributed by atoms with Gasteiger partial charge in [-0.1, -0.05) is 0 Å². The van der Waals surface area contributed by atoms with Gasteiger partial charge in [0.25, 0.3) is 0 Å². The number of anilines is 2. The third-order valence-electron chi connectivity index (χ3n) is 3.31. The highest BCUT2D eigenvalue weighted by atomic mass is 19.1. The summed E-state index contributed by atoms with van der Waals surface area (Å²) in [6.07, 6.45) is 0. The van der Waals surface area contributed by atoms with Gasteiger partial charge in [0.05, 0.1) is 5.69 Å². The number of nitrogens with two attached hydrogens (primary N) is 2. The molecule has 0 saturated carbocycles. The Hall–Kier alpha value is -1.33. The van der Waals surface area contributed by atoms with Gasteiger partial charge in [-0.2, -0.15) is 0 Å². The summed E-state index contributed by atoms with van der Waals surface area (Å²) in [6.45, 7) is 3.70. The SMILES string of the molecule is CN1CCN(c2ccc(N)c(CN)c2F)CC1. The average molecular weight is 238 g/mol. The molecule has 94 valence electrons. The van der Waals surface area contributed by atoms with Crippen molar-refractivity contribution in [2.75, 3.05) is 43.9 Å². The number of nitrogens with zero attached hydrogens (tertiary/aromatic N) is 2. The molecule has 1 heterocycles. The summed E-state index contributed by atoms with van der Waals surface area (Å²) in [5.74, 6) is -0.267. The van der Waals surface area contributed by atoms with Crippen LogP contribution in [0.4, 0.5) is 15.8 Å². The third kappa shape index (κ3) is 2.35. The van der Waals surface area contributed by atoms with Crippen molar-refractivity contribution >= 4 is 11.4 Å². The maximum absolute atomic E-state index is 14.2. The predicted octanol–water partition coefficient (Wildman–Crippen LogP) is 0.618. The van der Waals surface area contributed by atoms with Gasteiger partial charge >= 0.3 is 0 Å². The molecule has 4 N–H and O–H groups in total. The van der Waals surface area contributed by atoms with E-state index in [-0.39, 0.29) is 12.4 Å². The van der Waals surface area contributed by atoms with Gasteiger partial charge in [-0.3, -0.25) is 0 Å². The summed E-state index contributed by atoms with van der Waals surface area (Å²) in [6, 6.07) is 3.48. The number of likely N-dealkylation sites (N-methyl/N-ethyl adjacent to an activating group) is 1. The number of hydrogen-bond acceptors (Lipinski definition) is 4. The molecule has 1 aromatic carbocycles. The van der Waals surface area contributed by atoms with Crippen LogP contribution in [0.15, 0.2) is 12.1 Å². The molecule has 1 fully saturated rings. The van der Waals surface area contributed by atoms with E-state index in [1.165, 1.54) is 0 Å². The Balaban J connectivity index is 2.27. The van der Waals surface area contributed by atoms with Crippen LogP contribution >= 0.6 is 0 Å². The van der Waals surface area contributed by atoms with E-state index in [1.807, 2.05) is 4.90 Å². The molecule has 0 bridgehead atoms. The van der Waals surface area contributed by atoms with E-state index in [0.717, 1.165) is 26.2 Å². The molecule has 0 atom stereocenters. The predicted molar refractivity (Wildman–Crippen MR) is 68.4 cm³/mol. The van der Waals surface area contributed by atoms with E-state index in [9.17, 15) is 4.39 Å². The summed E-state index contributed by atoms with van der Waals surface area (Å²) < 4.78 is 14.2. The third-order valence-corrected chi connectivity index (χ3v) is 3.31. The Morgan fingerprint density at radius 2 is 1.88 bits per heavy atom. The highest BCUT2D eigenvalue weighted by molar-refractivity contribution is 5.60. The molecule has 1 saturated heterocycles. The fraction of sp³-hybridized carbons (Fsp3) is 0.500. The number of rotatable bonds is 2. The Labute approximate surface area is 101 Å². The number of benzene rings is 1. The van der Waals surface area contributed by atoms with Crippen molar-refractivity contribution in [3.63, 3.8) is 0 Å². The lowest BCUT2D eigenvalue weighted by atomic mass is 10.1. The highest BCUT2D eigenvalue weighted by Gasteiger charge is 2.19. The van der Waals surface area contributed by atoms with Crippen molar-refractivity contribution in [2.45, 2.75) is 6.54 Å². The Morgan fingerprint density at radius 1 is 1.24 bits per heavy atom. The minimum absolute atomic E-state index is 0.138. The fourth-order valence-electron chi connectivity index (χ4n) is 2.12. The summed E-state index contributed by atoms with van der Waals surface area (Å²) in [7, 11) is 2.07. The first kappa shape index (κ1) is 12.1. The van der Waals surface area contributed by atoms with E-state index < -0.39 is 0 Å². The molecular formula is C12H19FN4. The first-order valence-corrected chi connectivity index (χ1v) is 5.84. The average Bonchev–Trinajstić information content (AvgIpc) is 2.31. The van der Waals surface area contributed by atoms with Crippen molar-refractivity contribution in [1.82, 2.24) is 4.90 Å². The minimum Gasteiger partial charge on any atom is -0.398 e. The van der Waals surface area contributed by atoms with E-state index in [0.29, 0.717) is 16.9 Å². The molecule has 1 aliphatic rings. The molecule has 4 nitrogen and oxygen atoms in total. The van der Waals surface area contributed by atoms with Crippen molar-refractivity contribution < 1.29 is 4.39 Å². The number of nitrogen functional groups attached to an aromatic ring is 1. The van der Waals surface area contributed by atoms with Crippen LogP contribution in [-0.2, 0) is 6.54 Å². The summed E-state index contributed by atoms with van der Waals surface area (Å²) >= 11 is 0. The van der Waals surface area contributed by atoms with E-state index in [2.05, 4.69) is 11.9 Å². The molecule has 17 heavy (non-hydrogen) atoms. The zero-order valence-electron chi connectivity index (χ0n) is 10.1. The quantitative estimate of drug-likeness (QED) is 0.742. The molecule has 5 heteroatoms. The van der Waals surface area contributed by atoms with E-state index >= 15 is 0 Å². The van der Waals surface area contributed by atoms with Crippen molar-refractivity contribution in [1.29, 1.82) is 0 Å². The van der Waals surface area contributed by atoms with Crippen LogP contribution in [0, 0.1) is 5.82 Å². The van der Waals surface area contributed by atoms with Crippen molar-refractivity contribution in [2.24, 2.45) is 5.73 Å². The van der Waals surface area contributed by atoms with Gasteiger partial charge in [0.2, 0.25) is 0 Å². The van der Waals surface area contributed by atoms with E-state index in [1.54, 1.807) is 12.1 Å². The van der Waals surface area contributed by atoms with Crippen LogP contribution in [0.5, 0.6) is 0 Å². The van der Waals surface area contributed by atoms with Crippen LogP contribution in [0.3, 0.4) is 0 Å². The number of piperazine rings is 1. The van der Waals surface area contributed by atoms with Crippen LogP contribution in [0.1, 0.15) is 5.56 Å². The van der Waals surface area contributed by atoms with Crippen LogP contribution in [-0.4, -0.2) is 38.1 Å². The normalized spacial score (nSPS) is 17.5. The van der Waals surface area contributed by atoms with Gasteiger partial charge in [0, 0.05) is 44.0 Å². The maximum Gasteiger partial charge on any atom is 0.153 e. The van der Waals surface area contributed by atoms with Gasteiger partial charge in [0.15, 0.2) is 5.82 Å². The first-order valence-electron chi connectivity index (χ1n) is 5.84. The monoisotopic (exact) mass is 238 g/mol. The molecular weight excluding hydrogens is 219 g/mol. The lowest BCUT2D eigenvalue weighted by molar-refractivity contribution is 0.311. The lowest BCUT2D eigenvalue weighted by Gasteiger charge is -2.34. The standard InChI is InChI=1S/C12H19FN4/c1-16-4-6-17(7-5-16)11-3-2-10(15)9(8-14)12(11)13/h2-3H,4-8,14-15H2,1H3. The summed E-state index contributed by atoms with van der Waals surface area (Å²) in [5.41, 5.74) is 12.7. The van der Waals surface area contributed by atoms with Gasteiger partial charge in [0.1, 0.15) is 0 Å². The zero-order chi connectivity index (χ0) is 12.4. The second-order valence-electron chi connectivity index (χ2n) is 4.46. The second-order valence-corrected chi connectivity index (χ2v) is 4.46. The number of halogens is 1. The van der Waals surface area contributed by atoms with Gasteiger partial charge in [-0.15, -0.1) is 0 Å². The Bertz CT molecular complexity index is 400. The van der Waals surface area contributed by atoms with Crippen LogP contribution < -0.4 is 16.4 Å². The van der Waals surface area contributed by atoms with Crippen molar-refractivity contribution in [3.8, 4) is 0 Å². The smallest absolute Gasteiger partial charge is 0.153 e. The maximum atomic E-state index is 14.2. The fourth-order valence-corrected chi connectivity index (χ4v) is 2.12. The molecule has 0 unspecified atom stereocenters. The van der Waals surface area contributed by atoms with E-state index in [4.69, 9.17) is 11.5 Å². The zero-order valence-corrected chi connectivity index (χ0v) is 10.1. The molecule has 0 radical (unpaired) electrons. The van der Waals surface area contributed by atoms with Crippen LogP contribution in [0.25, 0.3) is 0 Å². The molecule has 0 spiro atoms. The minimum atomic E-state index is -0.267.